The number of non-ortho nitro benzene ring substituents is 1. The number of ether oxygens (including phenoxy) is 1. The first-order valence-corrected chi connectivity index (χ1v) is 7.83. The Morgan fingerprint density at radius 2 is 1.92 bits per heavy atom. The fraction of sp³-hybridized carbons (Fsp3) is 0. The van der Waals surface area contributed by atoms with Gasteiger partial charge in [-0.05, 0) is 29.8 Å². The number of aliphatic imine (C=N–C) groups is 1. The summed E-state index contributed by atoms with van der Waals surface area (Å²) in [5.41, 5.74) is 0.882. The molecule has 0 radical (unpaired) electrons. The van der Waals surface area contributed by atoms with E-state index in [0.717, 1.165) is 10.0 Å². The minimum atomic E-state index is -0.643. The first-order chi connectivity index (χ1) is 11.4. The van der Waals surface area contributed by atoms with E-state index in [1.807, 2.05) is 12.1 Å². The molecule has 0 unspecified atom stereocenters. The molecule has 0 aromatic heterocycles. The molecule has 0 amide bonds. The van der Waals surface area contributed by atoms with Gasteiger partial charge in [-0.1, -0.05) is 39.7 Å². The predicted molar refractivity (Wildman–Crippen MR) is 92.9 cm³/mol. The van der Waals surface area contributed by atoms with Crippen molar-refractivity contribution in [2.75, 3.05) is 0 Å². The third kappa shape index (κ3) is 3.37. The first-order valence-electron chi connectivity index (χ1n) is 6.66. The van der Waals surface area contributed by atoms with Gasteiger partial charge in [-0.25, -0.2) is 9.79 Å². The monoisotopic (exact) mass is 406 g/mol. The van der Waals surface area contributed by atoms with E-state index in [9.17, 15) is 14.9 Å². The number of carbonyl (C=O) groups excluding carboxylic acids is 1. The minimum absolute atomic E-state index is 0.0583. The molecule has 0 atom stereocenters. The molecule has 2 aromatic rings. The molecule has 120 valence electrons. The van der Waals surface area contributed by atoms with Gasteiger partial charge in [0.15, 0.2) is 5.70 Å². The number of nitrogens with zero attached hydrogens (tertiary/aromatic N) is 2. The highest BCUT2D eigenvalue weighted by Gasteiger charge is 2.27. The first kappa shape index (κ1) is 16.4. The van der Waals surface area contributed by atoms with Gasteiger partial charge in [0.25, 0.3) is 5.69 Å². The molecule has 0 saturated carbocycles. The smallest absolute Gasteiger partial charge is 0.363 e. The lowest BCUT2D eigenvalue weighted by Gasteiger charge is -2.02. The van der Waals surface area contributed by atoms with Crippen LogP contribution in [0.1, 0.15) is 11.1 Å². The van der Waals surface area contributed by atoms with Crippen molar-refractivity contribution >= 4 is 51.2 Å². The summed E-state index contributed by atoms with van der Waals surface area (Å²) in [5.74, 6) is -0.701. The largest absolute Gasteiger partial charge is 0.402 e. The molecule has 2 aromatic carbocycles. The van der Waals surface area contributed by atoms with Crippen LogP contribution >= 0.6 is 27.5 Å². The summed E-state index contributed by atoms with van der Waals surface area (Å²) < 4.78 is 6.01. The molecule has 8 heteroatoms. The standard InChI is InChI=1S/C16H8BrClN2O4/c17-10-3-1-9(2-4-10)7-14-16(21)24-15(19-14)12-8-11(20(22)23)5-6-13(12)18/h1-8H/b14-7+. The van der Waals surface area contributed by atoms with Crippen LogP contribution in [0.4, 0.5) is 5.69 Å². The third-order valence-corrected chi connectivity index (χ3v) is 4.04. The Labute approximate surface area is 149 Å². The zero-order valence-corrected chi connectivity index (χ0v) is 14.2. The number of nitro benzene ring substituents is 1. The molecular formula is C16H8BrClN2O4. The second-order valence-electron chi connectivity index (χ2n) is 4.81. The fourth-order valence-corrected chi connectivity index (χ4v) is 2.49. The summed E-state index contributed by atoms with van der Waals surface area (Å²) in [6.07, 6.45) is 1.56. The van der Waals surface area contributed by atoms with E-state index in [2.05, 4.69) is 20.9 Å². The van der Waals surface area contributed by atoms with Crippen LogP contribution < -0.4 is 0 Å². The summed E-state index contributed by atoms with van der Waals surface area (Å²) in [7, 11) is 0. The van der Waals surface area contributed by atoms with Gasteiger partial charge in [-0.15, -0.1) is 0 Å². The second-order valence-corrected chi connectivity index (χ2v) is 6.13. The van der Waals surface area contributed by atoms with Gasteiger partial charge < -0.3 is 4.74 Å². The number of hydrogen-bond acceptors (Lipinski definition) is 5. The van der Waals surface area contributed by atoms with Crippen molar-refractivity contribution in [3.63, 3.8) is 0 Å². The molecule has 0 N–H and O–H groups in total. The topological polar surface area (TPSA) is 81.8 Å². The lowest BCUT2D eigenvalue weighted by molar-refractivity contribution is -0.384. The van der Waals surface area contributed by atoms with Crippen molar-refractivity contribution in [1.29, 1.82) is 0 Å². The summed E-state index contributed by atoms with van der Waals surface area (Å²) in [4.78, 5) is 26.4. The molecule has 0 bridgehead atoms. The molecule has 0 fully saturated rings. The van der Waals surface area contributed by atoms with E-state index in [4.69, 9.17) is 16.3 Å². The summed E-state index contributed by atoms with van der Waals surface area (Å²) in [6, 6.07) is 11.1. The zero-order chi connectivity index (χ0) is 17.3. The maximum absolute atomic E-state index is 12.0. The Morgan fingerprint density at radius 3 is 2.58 bits per heavy atom. The number of nitro groups is 1. The highest BCUT2D eigenvalue weighted by Crippen LogP contribution is 2.27. The number of hydrogen-bond donors (Lipinski definition) is 0. The number of cyclic esters (lactones) is 1. The number of rotatable bonds is 3. The Bertz CT molecular complexity index is 907. The van der Waals surface area contributed by atoms with Crippen molar-refractivity contribution in [1.82, 2.24) is 0 Å². The van der Waals surface area contributed by atoms with E-state index in [-0.39, 0.29) is 27.9 Å². The molecule has 1 aliphatic rings. The second kappa shape index (κ2) is 6.54. The third-order valence-electron chi connectivity index (χ3n) is 3.19. The Kier molecular flexibility index (Phi) is 4.46. The van der Waals surface area contributed by atoms with E-state index in [0.29, 0.717) is 0 Å². The van der Waals surface area contributed by atoms with Gasteiger partial charge in [0.05, 0.1) is 15.5 Å². The van der Waals surface area contributed by atoms with Gasteiger partial charge in [0.2, 0.25) is 5.90 Å². The Morgan fingerprint density at radius 1 is 1.21 bits per heavy atom. The van der Waals surface area contributed by atoms with Gasteiger partial charge in [0.1, 0.15) is 0 Å². The summed E-state index contributed by atoms with van der Waals surface area (Å²) in [6.45, 7) is 0. The molecule has 0 aliphatic carbocycles. The van der Waals surface area contributed by atoms with Gasteiger partial charge in [0, 0.05) is 16.6 Å². The molecule has 0 spiro atoms. The van der Waals surface area contributed by atoms with Crippen LogP contribution in [-0.4, -0.2) is 16.8 Å². The molecular weight excluding hydrogens is 400 g/mol. The average Bonchev–Trinajstić information content (AvgIpc) is 2.90. The van der Waals surface area contributed by atoms with Crippen LogP contribution in [0.2, 0.25) is 5.02 Å². The Hall–Kier alpha value is -2.51. The van der Waals surface area contributed by atoms with E-state index in [1.54, 1.807) is 18.2 Å². The van der Waals surface area contributed by atoms with Crippen molar-refractivity contribution < 1.29 is 14.5 Å². The average molecular weight is 408 g/mol. The summed E-state index contributed by atoms with van der Waals surface area (Å²) in [5, 5.41) is 11.1. The van der Waals surface area contributed by atoms with Gasteiger partial charge in [-0.2, -0.15) is 0 Å². The maximum atomic E-state index is 12.0. The summed E-state index contributed by atoms with van der Waals surface area (Å²) >= 11 is 9.36. The molecule has 1 aliphatic heterocycles. The normalized spacial score (nSPS) is 15.3. The SMILES string of the molecule is O=C1OC(c2cc([N+](=O)[O-])ccc2Cl)=N/C1=C/c1ccc(Br)cc1. The van der Waals surface area contributed by atoms with Crippen LogP contribution in [0, 0.1) is 10.1 Å². The number of esters is 1. The molecule has 0 saturated heterocycles. The quantitative estimate of drug-likeness (QED) is 0.328. The van der Waals surface area contributed by atoms with Gasteiger partial charge in [-0.3, -0.25) is 10.1 Å². The molecule has 3 rings (SSSR count). The van der Waals surface area contributed by atoms with Crippen LogP contribution in [0.15, 0.2) is 57.6 Å². The lowest BCUT2D eigenvalue weighted by Crippen LogP contribution is -2.06. The van der Waals surface area contributed by atoms with Crippen LogP contribution in [0.3, 0.4) is 0 Å². The zero-order valence-electron chi connectivity index (χ0n) is 11.9. The van der Waals surface area contributed by atoms with E-state index < -0.39 is 10.9 Å². The van der Waals surface area contributed by atoms with Crippen LogP contribution in [-0.2, 0) is 9.53 Å². The highest BCUT2D eigenvalue weighted by atomic mass is 79.9. The van der Waals surface area contributed by atoms with E-state index in [1.165, 1.54) is 18.2 Å². The number of carbonyl (C=O) groups is 1. The van der Waals surface area contributed by atoms with E-state index >= 15 is 0 Å². The molecule has 6 nitrogen and oxygen atoms in total. The minimum Gasteiger partial charge on any atom is -0.402 e. The van der Waals surface area contributed by atoms with Crippen molar-refractivity contribution in [3.05, 3.63) is 78.9 Å². The van der Waals surface area contributed by atoms with Crippen LogP contribution in [0.25, 0.3) is 6.08 Å². The van der Waals surface area contributed by atoms with Crippen molar-refractivity contribution in [3.8, 4) is 0 Å². The number of benzene rings is 2. The fourth-order valence-electron chi connectivity index (χ4n) is 2.03. The maximum Gasteiger partial charge on any atom is 0.363 e. The van der Waals surface area contributed by atoms with Gasteiger partial charge >= 0.3 is 5.97 Å². The lowest BCUT2D eigenvalue weighted by atomic mass is 10.2. The number of halogens is 2. The van der Waals surface area contributed by atoms with Crippen molar-refractivity contribution in [2.24, 2.45) is 4.99 Å². The predicted octanol–water partition coefficient (Wildman–Crippen LogP) is 4.36. The van der Waals surface area contributed by atoms with Crippen LogP contribution in [0.5, 0.6) is 0 Å². The highest BCUT2D eigenvalue weighted by molar-refractivity contribution is 9.10. The molecule has 24 heavy (non-hydrogen) atoms. The van der Waals surface area contributed by atoms with Crippen molar-refractivity contribution in [2.45, 2.75) is 0 Å². The Balaban J connectivity index is 1.99. The molecule has 1 heterocycles.